The molecule has 3 aromatic rings. The zero-order chi connectivity index (χ0) is 22.9. The van der Waals surface area contributed by atoms with Crippen LogP contribution in [0.4, 0.5) is 5.82 Å². The van der Waals surface area contributed by atoms with Crippen LogP contribution in [-0.2, 0) is 11.3 Å². The molecule has 1 aliphatic heterocycles. The molecular formula is C25H24N4O2S2. The third kappa shape index (κ3) is 4.45. The van der Waals surface area contributed by atoms with E-state index in [1.807, 2.05) is 43.3 Å². The van der Waals surface area contributed by atoms with Gasteiger partial charge in [-0.05, 0) is 43.5 Å². The molecule has 2 aliphatic rings. The molecule has 3 heterocycles. The highest BCUT2D eigenvalue weighted by Gasteiger charge is 2.33. The molecule has 1 N–H and O–H groups in total. The van der Waals surface area contributed by atoms with Gasteiger partial charge < -0.3 is 5.32 Å². The summed E-state index contributed by atoms with van der Waals surface area (Å²) in [5.74, 6) is 0.344. The zero-order valence-corrected chi connectivity index (χ0v) is 19.9. The maximum Gasteiger partial charge on any atom is 0.267 e. The largest absolute Gasteiger partial charge is 0.367 e. The number of rotatable bonds is 5. The minimum Gasteiger partial charge on any atom is -0.367 e. The minimum atomic E-state index is -0.204. The lowest BCUT2D eigenvalue weighted by Crippen LogP contribution is -2.27. The highest BCUT2D eigenvalue weighted by Crippen LogP contribution is 2.34. The van der Waals surface area contributed by atoms with E-state index in [9.17, 15) is 9.59 Å². The van der Waals surface area contributed by atoms with Gasteiger partial charge in [-0.25, -0.2) is 4.98 Å². The number of carbonyl (C=O) groups excluding carboxylic acids is 1. The Balaban J connectivity index is 1.51. The normalized spacial score (nSPS) is 18.1. The minimum absolute atomic E-state index is 0.185. The Morgan fingerprint density at radius 3 is 2.67 bits per heavy atom. The Hall–Kier alpha value is -2.97. The van der Waals surface area contributed by atoms with E-state index in [4.69, 9.17) is 17.2 Å². The van der Waals surface area contributed by atoms with Crippen molar-refractivity contribution in [2.75, 3.05) is 5.32 Å². The maximum atomic E-state index is 13.4. The van der Waals surface area contributed by atoms with E-state index in [2.05, 4.69) is 5.32 Å². The van der Waals surface area contributed by atoms with E-state index < -0.39 is 0 Å². The molecule has 1 saturated heterocycles. The molecule has 1 aromatic carbocycles. The summed E-state index contributed by atoms with van der Waals surface area (Å²) in [4.78, 5) is 33.3. The molecule has 0 atom stereocenters. The molecule has 0 spiro atoms. The SMILES string of the molecule is Cc1ccc(CN2C(=O)/C(=C\c3c(NC4CCCC4)nc4ccccn4c3=O)SC2=S)cc1. The van der Waals surface area contributed by atoms with Crippen molar-refractivity contribution in [2.24, 2.45) is 0 Å². The first-order valence-electron chi connectivity index (χ1n) is 11.1. The molecule has 5 rings (SSSR count). The van der Waals surface area contributed by atoms with Crippen LogP contribution in [0.2, 0.25) is 0 Å². The zero-order valence-electron chi connectivity index (χ0n) is 18.3. The lowest BCUT2D eigenvalue weighted by Gasteiger charge is -2.16. The molecule has 2 aromatic heterocycles. The topological polar surface area (TPSA) is 66.7 Å². The van der Waals surface area contributed by atoms with Gasteiger partial charge in [-0.3, -0.25) is 18.9 Å². The van der Waals surface area contributed by atoms with E-state index >= 15 is 0 Å². The van der Waals surface area contributed by atoms with Crippen LogP contribution in [0.1, 0.15) is 42.4 Å². The van der Waals surface area contributed by atoms with Gasteiger partial charge in [-0.2, -0.15) is 0 Å². The predicted octanol–water partition coefficient (Wildman–Crippen LogP) is 4.76. The lowest BCUT2D eigenvalue weighted by atomic mass is 10.1. The first-order valence-corrected chi connectivity index (χ1v) is 12.3. The number of carbonyl (C=O) groups is 1. The van der Waals surface area contributed by atoms with Crippen LogP contribution in [0.15, 0.2) is 58.4 Å². The number of pyridine rings is 1. The van der Waals surface area contributed by atoms with Crippen LogP contribution in [0, 0.1) is 6.92 Å². The molecule has 33 heavy (non-hydrogen) atoms. The van der Waals surface area contributed by atoms with Crippen molar-refractivity contribution in [3.8, 4) is 0 Å². The first-order chi connectivity index (χ1) is 16.0. The van der Waals surface area contributed by atoms with Gasteiger partial charge in [0.2, 0.25) is 0 Å². The molecule has 8 heteroatoms. The highest BCUT2D eigenvalue weighted by atomic mass is 32.2. The number of thiocarbonyl (C=S) groups is 1. The van der Waals surface area contributed by atoms with Crippen LogP contribution >= 0.6 is 24.0 Å². The van der Waals surface area contributed by atoms with Gasteiger partial charge >= 0.3 is 0 Å². The van der Waals surface area contributed by atoms with E-state index in [1.165, 1.54) is 16.2 Å². The van der Waals surface area contributed by atoms with Crippen molar-refractivity contribution >= 4 is 51.7 Å². The lowest BCUT2D eigenvalue weighted by molar-refractivity contribution is -0.122. The number of amides is 1. The molecule has 168 valence electrons. The van der Waals surface area contributed by atoms with E-state index in [0.717, 1.165) is 36.8 Å². The van der Waals surface area contributed by atoms with E-state index in [-0.39, 0.29) is 17.5 Å². The number of nitrogens with one attached hydrogen (secondary N) is 1. The quantitative estimate of drug-likeness (QED) is 0.423. The molecule has 1 saturated carbocycles. The van der Waals surface area contributed by atoms with Crippen molar-refractivity contribution in [3.63, 3.8) is 0 Å². The number of fused-ring (bicyclic) bond motifs is 1. The van der Waals surface area contributed by atoms with Crippen molar-refractivity contribution in [1.29, 1.82) is 0 Å². The summed E-state index contributed by atoms with van der Waals surface area (Å²) < 4.78 is 2.00. The number of aryl methyl sites for hydroxylation is 1. The van der Waals surface area contributed by atoms with Gasteiger partial charge in [0.15, 0.2) is 0 Å². The first kappa shape index (κ1) is 21.9. The number of thioether (sulfide) groups is 1. The van der Waals surface area contributed by atoms with Crippen molar-refractivity contribution < 1.29 is 4.79 Å². The summed E-state index contributed by atoms with van der Waals surface area (Å²) in [5.41, 5.74) is 2.93. The average molecular weight is 477 g/mol. The third-order valence-electron chi connectivity index (χ3n) is 6.08. The highest BCUT2D eigenvalue weighted by molar-refractivity contribution is 8.26. The van der Waals surface area contributed by atoms with Gasteiger partial charge in [-0.15, -0.1) is 0 Å². The summed E-state index contributed by atoms with van der Waals surface area (Å²) in [6.07, 6.45) is 7.78. The number of aromatic nitrogens is 2. The Morgan fingerprint density at radius 1 is 1.15 bits per heavy atom. The standard InChI is InChI=1S/C25H24N4O2S2/c1-16-9-11-17(12-10-16)15-29-24(31)20(33-25(29)32)14-19-22(26-18-6-2-3-7-18)27-21-8-4-5-13-28(21)23(19)30/h4-5,8-14,18,26H,2-3,6-7,15H2,1H3/b20-14+. The van der Waals surface area contributed by atoms with Gasteiger partial charge in [0.1, 0.15) is 15.8 Å². The summed E-state index contributed by atoms with van der Waals surface area (Å²) in [6, 6.07) is 13.8. The van der Waals surface area contributed by atoms with Crippen LogP contribution in [0.5, 0.6) is 0 Å². The molecule has 6 nitrogen and oxygen atoms in total. The third-order valence-corrected chi connectivity index (χ3v) is 7.45. The molecule has 1 amide bonds. The summed E-state index contributed by atoms with van der Waals surface area (Å²) in [6.45, 7) is 2.43. The number of anilines is 1. The Labute approximate surface area is 201 Å². The molecular weight excluding hydrogens is 452 g/mol. The van der Waals surface area contributed by atoms with Gasteiger partial charge in [0.25, 0.3) is 11.5 Å². The fourth-order valence-corrected chi connectivity index (χ4v) is 5.49. The Kier molecular flexibility index (Phi) is 6.03. The van der Waals surface area contributed by atoms with Crippen molar-refractivity contribution in [3.05, 3.63) is 80.6 Å². The molecule has 1 aliphatic carbocycles. The Bertz CT molecular complexity index is 1320. The maximum absolute atomic E-state index is 13.4. The molecule has 0 unspecified atom stereocenters. The number of benzene rings is 1. The fraction of sp³-hybridized carbons (Fsp3) is 0.280. The monoisotopic (exact) mass is 476 g/mol. The predicted molar refractivity (Wildman–Crippen MR) is 137 cm³/mol. The summed E-state index contributed by atoms with van der Waals surface area (Å²) >= 11 is 6.74. The second-order valence-electron chi connectivity index (χ2n) is 8.49. The summed E-state index contributed by atoms with van der Waals surface area (Å²) in [7, 11) is 0. The van der Waals surface area contributed by atoms with Crippen molar-refractivity contribution in [1.82, 2.24) is 14.3 Å². The second kappa shape index (κ2) is 9.11. The summed E-state index contributed by atoms with van der Waals surface area (Å²) in [5, 5.41) is 3.46. The average Bonchev–Trinajstić information content (AvgIpc) is 3.41. The fourth-order valence-electron chi connectivity index (χ4n) is 4.25. The smallest absolute Gasteiger partial charge is 0.267 e. The van der Waals surface area contributed by atoms with Gasteiger partial charge in [0, 0.05) is 12.2 Å². The molecule has 0 radical (unpaired) electrons. The van der Waals surface area contributed by atoms with Crippen LogP contribution in [0.25, 0.3) is 11.7 Å². The number of hydrogen-bond donors (Lipinski definition) is 1. The number of nitrogens with zero attached hydrogens (tertiary/aromatic N) is 3. The second-order valence-corrected chi connectivity index (χ2v) is 10.2. The van der Waals surface area contributed by atoms with Gasteiger partial charge in [-0.1, -0.05) is 72.7 Å². The molecule has 2 fully saturated rings. The van der Waals surface area contributed by atoms with Crippen LogP contribution in [0.3, 0.4) is 0 Å². The van der Waals surface area contributed by atoms with E-state index in [1.54, 1.807) is 23.2 Å². The van der Waals surface area contributed by atoms with E-state index in [0.29, 0.717) is 32.8 Å². The Morgan fingerprint density at radius 2 is 1.91 bits per heavy atom. The van der Waals surface area contributed by atoms with Crippen molar-refractivity contribution in [2.45, 2.75) is 45.2 Å². The van der Waals surface area contributed by atoms with Crippen LogP contribution < -0.4 is 10.9 Å². The van der Waals surface area contributed by atoms with Gasteiger partial charge in [0.05, 0.1) is 17.0 Å². The molecule has 0 bridgehead atoms. The number of hydrogen-bond acceptors (Lipinski definition) is 6. The van der Waals surface area contributed by atoms with Crippen LogP contribution in [-0.4, -0.2) is 30.6 Å².